The van der Waals surface area contributed by atoms with Gasteiger partial charge in [-0.3, -0.25) is 18.6 Å². The molecule has 0 bridgehead atoms. The number of amides is 1. The minimum Gasteiger partial charge on any atom is -0.352 e. The van der Waals surface area contributed by atoms with Gasteiger partial charge in [0.05, 0.1) is 16.7 Å². The van der Waals surface area contributed by atoms with Crippen LogP contribution in [0.2, 0.25) is 0 Å². The van der Waals surface area contributed by atoms with Gasteiger partial charge >= 0.3 is 0 Å². The highest BCUT2D eigenvalue weighted by atomic mass is 32.2. The van der Waals surface area contributed by atoms with E-state index in [0.29, 0.717) is 34.7 Å². The van der Waals surface area contributed by atoms with E-state index in [4.69, 9.17) is 0 Å². The van der Waals surface area contributed by atoms with Gasteiger partial charge in [0.15, 0.2) is 5.16 Å². The fourth-order valence-electron chi connectivity index (χ4n) is 4.28. The third-order valence-electron chi connectivity index (χ3n) is 6.18. The molecule has 8 heteroatoms. The number of hydrogen-bond acceptors (Lipinski definition) is 5. The predicted molar refractivity (Wildman–Crippen MR) is 120 cm³/mol. The zero-order valence-electron chi connectivity index (χ0n) is 17.4. The van der Waals surface area contributed by atoms with Crippen LogP contribution in [0.1, 0.15) is 33.1 Å². The lowest BCUT2D eigenvalue weighted by atomic mass is 9.78. The molecule has 3 atom stereocenters. The van der Waals surface area contributed by atoms with Gasteiger partial charge in [0.2, 0.25) is 11.7 Å². The molecule has 30 heavy (non-hydrogen) atoms. The molecule has 1 fully saturated rings. The Hall–Kier alpha value is -2.61. The van der Waals surface area contributed by atoms with Gasteiger partial charge in [0.1, 0.15) is 0 Å². The molecule has 1 aliphatic rings. The SMILES string of the molecule is C=CCn1c(=O)c2ccccc2n2c(SCC(=O)N[C@H]3CCC[C@H](C)[C@H]3C)nnc12. The number of carbonyl (C=O) groups is 1. The van der Waals surface area contributed by atoms with Gasteiger partial charge in [-0.15, -0.1) is 16.8 Å². The monoisotopic (exact) mass is 425 g/mol. The Morgan fingerprint density at radius 1 is 1.30 bits per heavy atom. The van der Waals surface area contributed by atoms with Crippen molar-refractivity contribution in [2.24, 2.45) is 11.8 Å². The average molecular weight is 426 g/mol. The van der Waals surface area contributed by atoms with E-state index >= 15 is 0 Å². The van der Waals surface area contributed by atoms with Crippen molar-refractivity contribution in [2.75, 3.05) is 5.75 Å². The smallest absolute Gasteiger partial charge is 0.263 e. The number of benzene rings is 1. The molecule has 158 valence electrons. The lowest BCUT2D eigenvalue weighted by Gasteiger charge is -2.34. The molecule has 1 aliphatic carbocycles. The first-order valence-electron chi connectivity index (χ1n) is 10.4. The summed E-state index contributed by atoms with van der Waals surface area (Å²) in [6, 6.07) is 7.62. The maximum atomic E-state index is 12.8. The van der Waals surface area contributed by atoms with Crippen LogP contribution in [0, 0.1) is 11.8 Å². The van der Waals surface area contributed by atoms with E-state index in [1.165, 1.54) is 18.2 Å². The normalized spacial score (nSPS) is 21.7. The number of aromatic nitrogens is 4. The van der Waals surface area contributed by atoms with Gasteiger partial charge < -0.3 is 5.32 Å². The van der Waals surface area contributed by atoms with E-state index in [-0.39, 0.29) is 23.3 Å². The second-order valence-corrected chi connectivity index (χ2v) is 9.01. The molecule has 3 aromatic rings. The summed E-state index contributed by atoms with van der Waals surface area (Å²) in [4.78, 5) is 25.5. The van der Waals surface area contributed by atoms with Crippen molar-refractivity contribution in [1.82, 2.24) is 24.5 Å². The molecule has 4 rings (SSSR count). The van der Waals surface area contributed by atoms with Crippen LogP contribution in [0.4, 0.5) is 0 Å². The zero-order valence-corrected chi connectivity index (χ0v) is 18.2. The van der Waals surface area contributed by atoms with Crippen molar-refractivity contribution in [1.29, 1.82) is 0 Å². The highest BCUT2D eigenvalue weighted by Crippen LogP contribution is 2.29. The maximum Gasteiger partial charge on any atom is 0.263 e. The van der Waals surface area contributed by atoms with Gasteiger partial charge in [-0.1, -0.05) is 56.7 Å². The van der Waals surface area contributed by atoms with Crippen LogP contribution in [0.5, 0.6) is 0 Å². The maximum absolute atomic E-state index is 12.8. The molecule has 1 amide bonds. The van der Waals surface area contributed by atoms with Crippen LogP contribution >= 0.6 is 11.8 Å². The summed E-state index contributed by atoms with van der Waals surface area (Å²) in [5.41, 5.74) is 0.612. The molecule has 1 saturated carbocycles. The molecular weight excluding hydrogens is 398 g/mol. The van der Waals surface area contributed by atoms with Gasteiger partial charge in [0.25, 0.3) is 5.56 Å². The van der Waals surface area contributed by atoms with Crippen molar-refractivity contribution in [3.8, 4) is 0 Å². The zero-order chi connectivity index (χ0) is 21.3. The lowest BCUT2D eigenvalue weighted by Crippen LogP contribution is -2.44. The van der Waals surface area contributed by atoms with Gasteiger partial charge in [-0.05, 0) is 30.4 Å². The second kappa shape index (κ2) is 8.63. The Kier molecular flexibility index (Phi) is 5.94. The van der Waals surface area contributed by atoms with Crippen molar-refractivity contribution >= 4 is 34.3 Å². The Bertz CT molecular complexity index is 1150. The summed E-state index contributed by atoms with van der Waals surface area (Å²) in [5, 5.41) is 12.9. The minimum atomic E-state index is -0.125. The molecule has 1 N–H and O–H groups in total. The van der Waals surface area contributed by atoms with Crippen molar-refractivity contribution in [3.05, 3.63) is 47.3 Å². The van der Waals surface area contributed by atoms with Crippen LogP contribution in [0.3, 0.4) is 0 Å². The molecule has 1 aromatic carbocycles. The van der Waals surface area contributed by atoms with Gasteiger partial charge in [0, 0.05) is 12.6 Å². The quantitative estimate of drug-likeness (QED) is 0.484. The molecule has 0 radical (unpaired) electrons. The van der Waals surface area contributed by atoms with Gasteiger partial charge in [-0.25, -0.2) is 0 Å². The molecule has 7 nitrogen and oxygen atoms in total. The average Bonchev–Trinajstić information content (AvgIpc) is 3.17. The summed E-state index contributed by atoms with van der Waals surface area (Å²) >= 11 is 1.34. The van der Waals surface area contributed by atoms with Crippen LogP contribution < -0.4 is 10.9 Å². The highest BCUT2D eigenvalue weighted by Gasteiger charge is 2.28. The fourth-order valence-corrected chi connectivity index (χ4v) is 5.04. The Labute approximate surface area is 179 Å². The number of allylic oxidation sites excluding steroid dienone is 1. The molecule has 2 heterocycles. The lowest BCUT2D eigenvalue weighted by molar-refractivity contribution is -0.120. The number of thioether (sulfide) groups is 1. The van der Waals surface area contributed by atoms with Crippen molar-refractivity contribution in [3.63, 3.8) is 0 Å². The number of fused-ring (bicyclic) bond motifs is 3. The van der Waals surface area contributed by atoms with Crippen molar-refractivity contribution < 1.29 is 4.79 Å². The number of para-hydroxylation sites is 1. The van der Waals surface area contributed by atoms with E-state index < -0.39 is 0 Å². The standard InChI is InChI=1S/C22H27N5O2S/c1-4-12-26-20(29)16-9-5-6-11-18(16)27-21(26)24-25-22(27)30-13-19(28)23-17-10-7-8-14(2)15(17)3/h4-6,9,11,14-15,17H,1,7-8,10,12-13H2,2-3H3,(H,23,28)/t14-,15+,17-/m0/s1. The molecule has 0 spiro atoms. The fraction of sp³-hybridized carbons (Fsp3) is 0.455. The van der Waals surface area contributed by atoms with E-state index in [2.05, 4.69) is 35.9 Å². The van der Waals surface area contributed by atoms with Crippen LogP contribution in [0.15, 0.2) is 46.9 Å². The Morgan fingerprint density at radius 3 is 2.90 bits per heavy atom. The van der Waals surface area contributed by atoms with E-state index in [0.717, 1.165) is 18.4 Å². The Balaban J connectivity index is 1.60. The van der Waals surface area contributed by atoms with E-state index in [9.17, 15) is 9.59 Å². The van der Waals surface area contributed by atoms with Crippen molar-refractivity contribution in [2.45, 2.75) is 50.9 Å². The summed E-state index contributed by atoms with van der Waals surface area (Å²) in [6.07, 6.45) is 5.09. The third-order valence-corrected chi connectivity index (χ3v) is 7.10. The van der Waals surface area contributed by atoms with Gasteiger partial charge in [-0.2, -0.15) is 0 Å². The topological polar surface area (TPSA) is 81.3 Å². The number of carbonyl (C=O) groups excluding carboxylic acids is 1. The number of hydrogen-bond donors (Lipinski definition) is 1. The van der Waals surface area contributed by atoms with Crippen LogP contribution in [0.25, 0.3) is 16.7 Å². The number of nitrogens with zero attached hydrogens (tertiary/aromatic N) is 4. The van der Waals surface area contributed by atoms with Crippen LogP contribution in [-0.4, -0.2) is 36.9 Å². The summed E-state index contributed by atoms with van der Waals surface area (Å²) in [5.74, 6) is 1.83. The summed E-state index contributed by atoms with van der Waals surface area (Å²) in [7, 11) is 0. The van der Waals surface area contributed by atoms with E-state index in [1.807, 2.05) is 22.6 Å². The second-order valence-electron chi connectivity index (χ2n) is 8.07. The molecule has 0 unspecified atom stereocenters. The molecule has 0 aliphatic heterocycles. The number of rotatable bonds is 6. The molecule has 0 saturated heterocycles. The first kappa shape index (κ1) is 20.7. The number of nitrogens with one attached hydrogen (secondary N) is 1. The summed E-state index contributed by atoms with van der Waals surface area (Å²) < 4.78 is 3.40. The first-order valence-corrected chi connectivity index (χ1v) is 11.4. The molecule has 2 aromatic heterocycles. The molecular formula is C22H27N5O2S. The summed E-state index contributed by atoms with van der Waals surface area (Å²) in [6.45, 7) is 8.56. The predicted octanol–water partition coefficient (Wildman–Crippen LogP) is 3.26. The largest absolute Gasteiger partial charge is 0.352 e. The van der Waals surface area contributed by atoms with Crippen LogP contribution in [-0.2, 0) is 11.3 Å². The Morgan fingerprint density at radius 2 is 2.10 bits per heavy atom. The first-order chi connectivity index (χ1) is 14.5. The highest BCUT2D eigenvalue weighted by molar-refractivity contribution is 7.99. The minimum absolute atomic E-state index is 0.00594. The van der Waals surface area contributed by atoms with E-state index in [1.54, 1.807) is 16.7 Å². The third kappa shape index (κ3) is 3.76.